The molecule has 2 aromatic carbocycles. The maximum absolute atomic E-state index is 12.6. The van der Waals surface area contributed by atoms with Crippen molar-refractivity contribution >= 4 is 33.2 Å². The lowest BCUT2D eigenvalue weighted by Gasteiger charge is -2.28. The number of nitrogens with one attached hydrogen (secondary N) is 1. The first-order valence-electron chi connectivity index (χ1n) is 9.07. The number of amides is 1. The van der Waals surface area contributed by atoms with Crippen molar-refractivity contribution in [3.8, 4) is 11.4 Å². The summed E-state index contributed by atoms with van der Waals surface area (Å²) in [6.07, 6.45) is 1.03. The molecule has 0 radical (unpaired) electrons. The van der Waals surface area contributed by atoms with E-state index in [0.717, 1.165) is 21.7 Å². The fourth-order valence-electron chi connectivity index (χ4n) is 2.96. The van der Waals surface area contributed by atoms with Crippen LogP contribution in [0, 0.1) is 6.92 Å². The maximum Gasteiger partial charge on any atom is 0.246 e. The minimum absolute atomic E-state index is 0.0326. The second kappa shape index (κ2) is 8.85. The van der Waals surface area contributed by atoms with Gasteiger partial charge in [-0.3, -0.25) is 9.10 Å². The molecule has 8 nitrogen and oxygen atoms in total. The molecule has 0 aliphatic rings. The molecule has 158 valence electrons. The van der Waals surface area contributed by atoms with Gasteiger partial charge in [0.25, 0.3) is 0 Å². The molecule has 30 heavy (non-hydrogen) atoms. The van der Waals surface area contributed by atoms with E-state index in [1.165, 1.54) is 13.0 Å². The summed E-state index contributed by atoms with van der Waals surface area (Å²) < 4.78 is 30.8. The first kappa shape index (κ1) is 21.8. The standard InChI is InChI=1S/C20H21ClN4O4S/c1-13-6-4-7-15(10-13)19-23-18(29-24-19)12-22-20(26)14(2)25(30(3,27)28)17-9-5-8-16(21)11-17/h4-11,14H,12H2,1-3H3,(H,22,26)/t14-/m0/s1. The van der Waals surface area contributed by atoms with Crippen LogP contribution >= 0.6 is 11.6 Å². The van der Waals surface area contributed by atoms with E-state index in [-0.39, 0.29) is 12.4 Å². The highest BCUT2D eigenvalue weighted by molar-refractivity contribution is 7.92. The van der Waals surface area contributed by atoms with Crippen molar-refractivity contribution in [2.75, 3.05) is 10.6 Å². The molecule has 1 atom stereocenters. The van der Waals surface area contributed by atoms with Crippen LogP contribution in [-0.4, -0.2) is 36.8 Å². The molecule has 1 aromatic heterocycles. The molecule has 1 N–H and O–H groups in total. The number of carbonyl (C=O) groups excluding carboxylic acids is 1. The van der Waals surface area contributed by atoms with Gasteiger partial charge in [-0.25, -0.2) is 8.42 Å². The quantitative estimate of drug-likeness (QED) is 0.595. The van der Waals surface area contributed by atoms with Crippen molar-refractivity contribution in [1.82, 2.24) is 15.5 Å². The van der Waals surface area contributed by atoms with Crippen LogP contribution in [0.2, 0.25) is 5.02 Å². The van der Waals surface area contributed by atoms with Crippen LogP contribution in [0.5, 0.6) is 0 Å². The summed E-state index contributed by atoms with van der Waals surface area (Å²) in [4.78, 5) is 16.9. The molecule has 0 fully saturated rings. The fraction of sp³-hybridized carbons (Fsp3) is 0.250. The molecule has 3 aromatic rings. The molecule has 0 bridgehead atoms. The Bertz CT molecular complexity index is 1160. The molecule has 1 amide bonds. The molecule has 3 rings (SSSR count). The normalized spacial score (nSPS) is 12.4. The van der Waals surface area contributed by atoms with Crippen molar-refractivity contribution in [1.29, 1.82) is 0 Å². The first-order chi connectivity index (χ1) is 14.1. The lowest BCUT2D eigenvalue weighted by molar-refractivity contribution is -0.122. The first-order valence-corrected chi connectivity index (χ1v) is 11.3. The Balaban J connectivity index is 1.72. The average molecular weight is 449 g/mol. The molecule has 10 heteroatoms. The van der Waals surface area contributed by atoms with Crippen LogP contribution in [0.15, 0.2) is 53.1 Å². The highest BCUT2D eigenvalue weighted by Gasteiger charge is 2.29. The SMILES string of the molecule is Cc1cccc(-c2noc(CNC(=O)[C@H](C)N(c3cccc(Cl)c3)S(C)(=O)=O)n2)c1. The molecule has 0 unspecified atom stereocenters. The summed E-state index contributed by atoms with van der Waals surface area (Å²) in [6.45, 7) is 3.41. The lowest BCUT2D eigenvalue weighted by Crippen LogP contribution is -2.47. The average Bonchev–Trinajstić information content (AvgIpc) is 3.14. The largest absolute Gasteiger partial charge is 0.345 e. The number of nitrogens with zero attached hydrogens (tertiary/aromatic N) is 3. The van der Waals surface area contributed by atoms with Gasteiger partial charge in [0.2, 0.25) is 27.6 Å². The number of halogens is 1. The molecule has 0 saturated heterocycles. The molecule has 0 aliphatic heterocycles. The summed E-state index contributed by atoms with van der Waals surface area (Å²) in [7, 11) is -3.74. The number of aromatic nitrogens is 2. The Hall–Kier alpha value is -2.91. The Morgan fingerprint density at radius 1 is 1.23 bits per heavy atom. The summed E-state index contributed by atoms with van der Waals surface area (Å²) in [5.41, 5.74) is 2.16. The van der Waals surface area contributed by atoms with Gasteiger partial charge in [-0.15, -0.1) is 0 Å². The van der Waals surface area contributed by atoms with Crippen molar-refractivity contribution in [2.24, 2.45) is 0 Å². The third-order valence-corrected chi connectivity index (χ3v) is 5.79. The number of aryl methyl sites for hydroxylation is 1. The number of hydrogen-bond acceptors (Lipinski definition) is 6. The lowest BCUT2D eigenvalue weighted by atomic mass is 10.1. The van der Waals surface area contributed by atoms with Gasteiger partial charge in [-0.1, -0.05) is 46.6 Å². The van der Waals surface area contributed by atoms with E-state index in [1.807, 2.05) is 31.2 Å². The maximum atomic E-state index is 12.6. The van der Waals surface area contributed by atoms with Crippen LogP contribution in [0.4, 0.5) is 5.69 Å². The minimum atomic E-state index is -3.74. The van der Waals surface area contributed by atoms with Crippen LogP contribution in [0.1, 0.15) is 18.4 Å². The Kier molecular flexibility index (Phi) is 6.42. The Labute approximate surface area is 179 Å². The van der Waals surface area contributed by atoms with Crippen LogP contribution in [0.25, 0.3) is 11.4 Å². The van der Waals surface area contributed by atoms with E-state index in [4.69, 9.17) is 16.1 Å². The smallest absolute Gasteiger partial charge is 0.246 e. The molecule has 0 spiro atoms. The fourth-order valence-corrected chi connectivity index (χ4v) is 4.31. The number of sulfonamides is 1. The second-order valence-corrected chi connectivity index (χ2v) is 9.11. The Morgan fingerprint density at radius 3 is 2.63 bits per heavy atom. The van der Waals surface area contributed by atoms with E-state index in [9.17, 15) is 13.2 Å². The van der Waals surface area contributed by atoms with E-state index >= 15 is 0 Å². The predicted molar refractivity (Wildman–Crippen MR) is 115 cm³/mol. The third kappa shape index (κ3) is 5.17. The molecule has 1 heterocycles. The topological polar surface area (TPSA) is 105 Å². The number of hydrogen-bond donors (Lipinski definition) is 1. The monoisotopic (exact) mass is 448 g/mol. The van der Waals surface area contributed by atoms with Crippen molar-refractivity contribution < 1.29 is 17.7 Å². The van der Waals surface area contributed by atoms with Crippen molar-refractivity contribution in [2.45, 2.75) is 26.4 Å². The summed E-state index contributed by atoms with van der Waals surface area (Å²) in [6, 6.07) is 12.9. The van der Waals surface area contributed by atoms with Gasteiger partial charge in [0.1, 0.15) is 6.04 Å². The highest BCUT2D eigenvalue weighted by Crippen LogP contribution is 2.24. The molecule has 0 saturated carbocycles. The van der Waals surface area contributed by atoms with Gasteiger partial charge in [0.05, 0.1) is 18.5 Å². The predicted octanol–water partition coefficient (Wildman–Crippen LogP) is 3.17. The third-order valence-electron chi connectivity index (χ3n) is 4.31. The van der Waals surface area contributed by atoms with Crippen LogP contribution in [-0.2, 0) is 21.4 Å². The van der Waals surface area contributed by atoms with Gasteiger partial charge >= 0.3 is 0 Å². The summed E-state index contributed by atoms with van der Waals surface area (Å²) >= 11 is 5.98. The van der Waals surface area contributed by atoms with Gasteiger partial charge in [0, 0.05) is 10.6 Å². The number of carbonyl (C=O) groups is 1. The zero-order valence-corrected chi connectivity index (χ0v) is 18.2. The number of benzene rings is 2. The van der Waals surface area contributed by atoms with E-state index in [0.29, 0.717) is 16.5 Å². The minimum Gasteiger partial charge on any atom is -0.345 e. The van der Waals surface area contributed by atoms with E-state index in [1.54, 1.807) is 18.2 Å². The second-order valence-electron chi connectivity index (χ2n) is 6.81. The molecular weight excluding hydrogens is 428 g/mol. The zero-order valence-electron chi connectivity index (χ0n) is 16.7. The van der Waals surface area contributed by atoms with E-state index < -0.39 is 22.0 Å². The van der Waals surface area contributed by atoms with Gasteiger partial charge in [-0.05, 0) is 38.1 Å². The zero-order chi connectivity index (χ0) is 21.9. The summed E-state index contributed by atoms with van der Waals surface area (Å²) in [5, 5.41) is 6.93. The molecule has 0 aliphatic carbocycles. The summed E-state index contributed by atoms with van der Waals surface area (Å²) in [5.74, 6) is 0.101. The van der Waals surface area contributed by atoms with Gasteiger partial charge < -0.3 is 9.84 Å². The van der Waals surface area contributed by atoms with Crippen molar-refractivity contribution in [3.63, 3.8) is 0 Å². The molecular formula is C20H21ClN4O4S. The van der Waals surface area contributed by atoms with E-state index in [2.05, 4.69) is 15.5 Å². The van der Waals surface area contributed by atoms with Gasteiger partial charge in [-0.2, -0.15) is 4.98 Å². The van der Waals surface area contributed by atoms with Gasteiger partial charge in [0.15, 0.2) is 0 Å². The van der Waals surface area contributed by atoms with Crippen LogP contribution in [0.3, 0.4) is 0 Å². The van der Waals surface area contributed by atoms with Crippen LogP contribution < -0.4 is 9.62 Å². The highest BCUT2D eigenvalue weighted by atomic mass is 35.5. The number of anilines is 1. The number of rotatable bonds is 7. The Morgan fingerprint density at radius 2 is 1.97 bits per heavy atom. The van der Waals surface area contributed by atoms with Crippen molar-refractivity contribution in [3.05, 3.63) is 65.0 Å².